The summed E-state index contributed by atoms with van der Waals surface area (Å²) in [6.45, 7) is 13.5. The van der Waals surface area contributed by atoms with Gasteiger partial charge in [0.25, 0.3) is 0 Å². The molecular weight excluding hydrogens is 593 g/mol. The zero-order valence-corrected chi connectivity index (χ0v) is 29.3. The number of anilines is 6. The van der Waals surface area contributed by atoms with Crippen molar-refractivity contribution in [1.82, 2.24) is 0 Å². The molecule has 0 amide bonds. The molecule has 0 saturated carbocycles. The highest BCUT2D eigenvalue weighted by molar-refractivity contribution is 6.10. The van der Waals surface area contributed by atoms with Gasteiger partial charge in [-0.05, 0) is 144 Å². The van der Waals surface area contributed by atoms with Crippen LogP contribution in [0.2, 0.25) is 0 Å². The largest absolute Gasteiger partial charge is 0.310 e. The molecule has 1 aliphatic carbocycles. The summed E-state index contributed by atoms with van der Waals surface area (Å²) in [5, 5.41) is 2.53. The Morgan fingerprint density at radius 2 is 0.837 bits per heavy atom. The van der Waals surface area contributed by atoms with Crippen molar-refractivity contribution in [2.45, 2.75) is 47.0 Å². The third kappa shape index (κ3) is 5.29. The van der Waals surface area contributed by atoms with Gasteiger partial charge in [0.05, 0.1) is 5.69 Å². The molecule has 0 atom stereocenters. The molecular formula is C47H42N2. The summed E-state index contributed by atoms with van der Waals surface area (Å²) in [6, 6.07) is 53.9. The second-order valence-electron chi connectivity index (χ2n) is 14.2. The molecule has 0 unspecified atom stereocenters. The third-order valence-electron chi connectivity index (χ3n) is 10.2. The molecule has 2 nitrogen and oxygen atoms in total. The van der Waals surface area contributed by atoms with Crippen molar-refractivity contribution in [3.63, 3.8) is 0 Å². The van der Waals surface area contributed by atoms with Gasteiger partial charge in [0.1, 0.15) is 0 Å². The average molecular weight is 635 g/mol. The first-order valence-corrected chi connectivity index (χ1v) is 17.3. The molecule has 0 fully saturated rings. The molecule has 7 aromatic carbocycles. The average Bonchev–Trinajstić information content (AvgIpc) is 3.31. The topological polar surface area (TPSA) is 6.48 Å². The van der Waals surface area contributed by atoms with Gasteiger partial charge in [-0.15, -0.1) is 0 Å². The van der Waals surface area contributed by atoms with Crippen LogP contribution < -0.4 is 9.80 Å². The Kier molecular flexibility index (Phi) is 7.41. The van der Waals surface area contributed by atoms with Gasteiger partial charge in [-0.3, -0.25) is 0 Å². The highest BCUT2D eigenvalue weighted by Gasteiger charge is 2.38. The van der Waals surface area contributed by atoms with Gasteiger partial charge in [0, 0.05) is 39.2 Å². The lowest BCUT2D eigenvalue weighted by molar-refractivity contribution is 0.661. The Labute approximate surface area is 290 Å². The zero-order valence-electron chi connectivity index (χ0n) is 29.3. The highest BCUT2D eigenvalue weighted by atomic mass is 15.1. The number of benzene rings is 7. The van der Waals surface area contributed by atoms with E-state index in [1.165, 1.54) is 89.4 Å². The van der Waals surface area contributed by atoms with E-state index in [0.717, 1.165) is 0 Å². The maximum absolute atomic E-state index is 2.47. The van der Waals surface area contributed by atoms with Crippen LogP contribution in [0.15, 0.2) is 146 Å². The summed E-state index contributed by atoms with van der Waals surface area (Å²) in [5.41, 5.74) is 17.2. The number of hydrogen-bond acceptors (Lipinski definition) is 2. The number of hydrogen-bond donors (Lipinski definition) is 0. The van der Waals surface area contributed by atoms with E-state index in [9.17, 15) is 0 Å². The van der Waals surface area contributed by atoms with E-state index in [1.54, 1.807) is 0 Å². The van der Waals surface area contributed by atoms with Crippen molar-refractivity contribution in [3.8, 4) is 11.1 Å². The lowest BCUT2D eigenvalue weighted by Crippen LogP contribution is -2.18. The molecule has 0 N–H and O–H groups in total. The van der Waals surface area contributed by atoms with Gasteiger partial charge in [-0.1, -0.05) is 92.7 Å². The molecule has 0 aliphatic heterocycles. The quantitative estimate of drug-likeness (QED) is 0.180. The van der Waals surface area contributed by atoms with Crippen molar-refractivity contribution >= 4 is 44.9 Å². The normalized spacial score (nSPS) is 12.9. The van der Waals surface area contributed by atoms with E-state index in [0.29, 0.717) is 0 Å². The summed E-state index contributed by atoms with van der Waals surface area (Å²) in [6.07, 6.45) is 0. The number of aryl methyl sites for hydroxylation is 4. The van der Waals surface area contributed by atoms with Crippen LogP contribution in [0.5, 0.6) is 0 Å². The maximum Gasteiger partial charge on any atom is 0.0543 e. The first-order chi connectivity index (χ1) is 23.7. The van der Waals surface area contributed by atoms with Gasteiger partial charge < -0.3 is 9.80 Å². The van der Waals surface area contributed by atoms with E-state index in [-0.39, 0.29) is 5.41 Å². The Hall–Kier alpha value is -5.60. The SMILES string of the molecule is Cc1cccc(N(c2cccc(C)c2)c2ccc3c(c2)C(C)(C)c2cc(N(c4cccc(C)c4)c4cccc(C)c4)c4ccccc4c2-3)c1. The van der Waals surface area contributed by atoms with Crippen molar-refractivity contribution in [1.29, 1.82) is 0 Å². The second-order valence-corrected chi connectivity index (χ2v) is 14.2. The fourth-order valence-corrected chi connectivity index (χ4v) is 7.82. The molecule has 2 heteroatoms. The van der Waals surface area contributed by atoms with Gasteiger partial charge in [-0.2, -0.15) is 0 Å². The van der Waals surface area contributed by atoms with E-state index >= 15 is 0 Å². The summed E-state index contributed by atoms with van der Waals surface area (Å²) < 4.78 is 0. The predicted molar refractivity (Wildman–Crippen MR) is 210 cm³/mol. The molecule has 49 heavy (non-hydrogen) atoms. The van der Waals surface area contributed by atoms with Gasteiger partial charge in [0.15, 0.2) is 0 Å². The van der Waals surface area contributed by atoms with Gasteiger partial charge in [-0.25, -0.2) is 0 Å². The standard InChI is InChI=1S/C47H42N2/c1-31-13-9-17-35(25-31)48(36-18-10-14-32(2)26-36)39-23-24-42-43(29-39)47(5,6)44-30-45(40-21-7-8-22-41(40)46(42)44)49(37-19-11-15-33(3)27-37)38-20-12-16-34(4)28-38/h7-30H,1-6H3. The van der Waals surface area contributed by atoms with Crippen molar-refractivity contribution in [2.24, 2.45) is 0 Å². The Morgan fingerprint density at radius 1 is 0.388 bits per heavy atom. The van der Waals surface area contributed by atoms with Crippen LogP contribution in [-0.2, 0) is 5.41 Å². The van der Waals surface area contributed by atoms with Crippen molar-refractivity contribution in [3.05, 3.63) is 179 Å². The van der Waals surface area contributed by atoms with E-state index in [1.807, 2.05) is 0 Å². The molecule has 0 spiro atoms. The van der Waals surface area contributed by atoms with E-state index in [2.05, 4.69) is 197 Å². The lowest BCUT2D eigenvalue weighted by Gasteiger charge is -2.30. The predicted octanol–water partition coefficient (Wildman–Crippen LogP) is 13.3. The van der Waals surface area contributed by atoms with E-state index < -0.39 is 0 Å². The Morgan fingerprint density at radius 3 is 1.33 bits per heavy atom. The second kappa shape index (κ2) is 11.8. The maximum atomic E-state index is 2.47. The van der Waals surface area contributed by atoms with Crippen LogP contribution in [0.3, 0.4) is 0 Å². The lowest BCUT2D eigenvalue weighted by atomic mass is 9.81. The number of fused-ring (bicyclic) bond motifs is 5. The first kappa shape index (κ1) is 30.7. The molecule has 0 saturated heterocycles. The fourth-order valence-electron chi connectivity index (χ4n) is 7.82. The summed E-state index contributed by atoms with van der Waals surface area (Å²) in [4.78, 5) is 4.85. The third-order valence-corrected chi connectivity index (χ3v) is 10.2. The molecule has 0 radical (unpaired) electrons. The highest BCUT2D eigenvalue weighted by Crippen LogP contribution is 2.55. The fraction of sp³-hybridized carbons (Fsp3) is 0.149. The van der Waals surface area contributed by atoms with Crippen LogP contribution in [0, 0.1) is 27.7 Å². The molecule has 0 bridgehead atoms. The molecule has 0 aromatic heterocycles. The van der Waals surface area contributed by atoms with Crippen LogP contribution >= 0.6 is 0 Å². The van der Waals surface area contributed by atoms with Crippen LogP contribution in [0.1, 0.15) is 47.2 Å². The van der Waals surface area contributed by atoms with Gasteiger partial charge >= 0.3 is 0 Å². The molecule has 0 heterocycles. The monoisotopic (exact) mass is 634 g/mol. The van der Waals surface area contributed by atoms with Crippen molar-refractivity contribution < 1.29 is 0 Å². The van der Waals surface area contributed by atoms with Gasteiger partial charge in [0.2, 0.25) is 0 Å². The number of nitrogens with zero attached hydrogens (tertiary/aromatic N) is 2. The first-order valence-electron chi connectivity index (χ1n) is 17.3. The van der Waals surface area contributed by atoms with E-state index in [4.69, 9.17) is 0 Å². The van der Waals surface area contributed by atoms with Crippen LogP contribution in [0.4, 0.5) is 34.1 Å². The minimum Gasteiger partial charge on any atom is -0.310 e. The van der Waals surface area contributed by atoms with Crippen molar-refractivity contribution in [2.75, 3.05) is 9.80 Å². The molecule has 7 aromatic rings. The number of rotatable bonds is 6. The Bertz CT molecular complexity index is 2290. The summed E-state index contributed by atoms with van der Waals surface area (Å²) in [5.74, 6) is 0. The summed E-state index contributed by atoms with van der Waals surface area (Å²) >= 11 is 0. The Balaban J connectivity index is 1.35. The van der Waals surface area contributed by atoms with Crippen LogP contribution in [0.25, 0.3) is 21.9 Å². The molecule has 8 rings (SSSR count). The smallest absolute Gasteiger partial charge is 0.0543 e. The summed E-state index contributed by atoms with van der Waals surface area (Å²) in [7, 11) is 0. The zero-order chi connectivity index (χ0) is 33.9. The van der Waals surface area contributed by atoms with Crippen LogP contribution in [-0.4, -0.2) is 0 Å². The minimum atomic E-state index is -0.227. The molecule has 240 valence electrons. The minimum absolute atomic E-state index is 0.227. The molecule has 1 aliphatic rings.